The van der Waals surface area contributed by atoms with Gasteiger partial charge in [-0.2, -0.15) is 0 Å². The van der Waals surface area contributed by atoms with E-state index in [2.05, 4.69) is 5.32 Å². The van der Waals surface area contributed by atoms with Crippen LogP contribution in [-0.2, 0) is 4.74 Å². The summed E-state index contributed by atoms with van der Waals surface area (Å²) in [5, 5.41) is 3.33. The second-order valence-electron chi connectivity index (χ2n) is 5.66. The fourth-order valence-electron chi connectivity index (χ4n) is 3.03. The second-order valence-corrected chi connectivity index (χ2v) is 5.66. The maximum Gasteiger partial charge on any atom is 0.415 e. The third-order valence-corrected chi connectivity index (χ3v) is 4.30. The monoisotopic (exact) mass is 276 g/mol. The molecule has 1 amide bonds. The summed E-state index contributed by atoms with van der Waals surface area (Å²) in [4.78, 5) is 13.9. The first-order valence-electron chi connectivity index (χ1n) is 6.98. The highest BCUT2D eigenvalue weighted by molar-refractivity contribution is 5.90. The van der Waals surface area contributed by atoms with E-state index in [-0.39, 0.29) is 6.09 Å². The molecule has 0 aliphatic carbocycles. The van der Waals surface area contributed by atoms with Gasteiger partial charge in [-0.3, -0.25) is 4.90 Å². The normalized spacial score (nSPS) is 29.6. The molecule has 2 heterocycles. The van der Waals surface area contributed by atoms with E-state index in [1.807, 2.05) is 31.2 Å². The second kappa shape index (κ2) is 4.98. The molecule has 20 heavy (non-hydrogen) atoms. The van der Waals surface area contributed by atoms with E-state index in [9.17, 15) is 4.79 Å². The Hall–Kier alpha value is -1.75. The molecular formula is C15H20N2O3. The molecule has 0 spiro atoms. The molecule has 2 atom stereocenters. The Morgan fingerprint density at radius 1 is 1.50 bits per heavy atom. The molecule has 2 saturated heterocycles. The SMILES string of the molecule is COc1cccc(N2CC(C)(C3CCNC3)OC2=O)c1. The lowest BCUT2D eigenvalue weighted by molar-refractivity contribution is 0.0287. The molecule has 5 nitrogen and oxygen atoms in total. The van der Waals surface area contributed by atoms with Crippen molar-refractivity contribution in [3.05, 3.63) is 24.3 Å². The van der Waals surface area contributed by atoms with Gasteiger partial charge in [0.1, 0.15) is 11.4 Å². The zero-order valence-electron chi connectivity index (χ0n) is 11.9. The summed E-state index contributed by atoms with van der Waals surface area (Å²) >= 11 is 0. The minimum absolute atomic E-state index is 0.271. The predicted molar refractivity (Wildman–Crippen MR) is 76.2 cm³/mol. The van der Waals surface area contributed by atoms with Gasteiger partial charge >= 0.3 is 6.09 Å². The molecule has 2 unspecified atom stereocenters. The summed E-state index contributed by atoms with van der Waals surface area (Å²) in [6, 6.07) is 7.52. The number of hydrogen-bond acceptors (Lipinski definition) is 4. The van der Waals surface area contributed by atoms with Crippen LogP contribution in [0.5, 0.6) is 5.75 Å². The number of benzene rings is 1. The highest BCUT2D eigenvalue weighted by Crippen LogP contribution is 2.36. The van der Waals surface area contributed by atoms with Crippen molar-refractivity contribution in [1.29, 1.82) is 0 Å². The van der Waals surface area contributed by atoms with E-state index in [0.717, 1.165) is 30.9 Å². The number of carbonyl (C=O) groups excluding carboxylic acids is 1. The third-order valence-electron chi connectivity index (χ3n) is 4.30. The van der Waals surface area contributed by atoms with Gasteiger partial charge in [0.05, 0.1) is 19.3 Å². The molecule has 2 fully saturated rings. The zero-order chi connectivity index (χ0) is 14.2. The minimum atomic E-state index is -0.413. The molecule has 2 aliphatic heterocycles. The van der Waals surface area contributed by atoms with Crippen molar-refractivity contribution in [2.45, 2.75) is 18.9 Å². The Bertz CT molecular complexity index is 514. The summed E-state index contributed by atoms with van der Waals surface area (Å²) in [5.41, 5.74) is 0.410. The van der Waals surface area contributed by atoms with Crippen LogP contribution in [0.2, 0.25) is 0 Å². The van der Waals surface area contributed by atoms with Gasteiger partial charge in [0.2, 0.25) is 0 Å². The van der Waals surface area contributed by atoms with Gasteiger partial charge in [0.25, 0.3) is 0 Å². The van der Waals surface area contributed by atoms with E-state index < -0.39 is 5.60 Å². The van der Waals surface area contributed by atoms with Crippen molar-refractivity contribution in [3.63, 3.8) is 0 Å². The van der Waals surface area contributed by atoms with Crippen LogP contribution in [0.3, 0.4) is 0 Å². The molecule has 0 radical (unpaired) electrons. The van der Waals surface area contributed by atoms with Gasteiger partial charge in [-0.05, 0) is 32.0 Å². The molecule has 5 heteroatoms. The van der Waals surface area contributed by atoms with Crippen molar-refractivity contribution in [2.75, 3.05) is 31.6 Å². The molecule has 1 N–H and O–H groups in total. The van der Waals surface area contributed by atoms with Crippen LogP contribution in [0.15, 0.2) is 24.3 Å². The number of hydrogen-bond donors (Lipinski definition) is 1. The number of carbonyl (C=O) groups is 1. The third kappa shape index (κ3) is 2.22. The van der Waals surface area contributed by atoms with Gasteiger partial charge in [0.15, 0.2) is 0 Å². The molecule has 3 rings (SSSR count). The fraction of sp³-hybridized carbons (Fsp3) is 0.533. The number of methoxy groups -OCH3 is 1. The molecule has 0 bridgehead atoms. The topological polar surface area (TPSA) is 50.8 Å². The van der Waals surface area contributed by atoms with Crippen LogP contribution < -0.4 is 15.0 Å². The van der Waals surface area contributed by atoms with Gasteiger partial charge in [0, 0.05) is 18.5 Å². The summed E-state index contributed by atoms with van der Waals surface area (Å²) in [6.45, 7) is 4.53. The van der Waals surface area contributed by atoms with Crippen molar-refractivity contribution in [1.82, 2.24) is 5.32 Å². The van der Waals surface area contributed by atoms with Crippen molar-refractivity contribution >= 4 is 11.8 Å². The lowest BCUT2D eigenvalue weighted by atomic mass is 9.88. The van der Waals surface area contributed by atoms with Gasteiger partial charge in [-0.15, -0.1) is 0 Å². The number of cyclic esters (lactones) is 1. The Morgan fingerprint density at radius 3 is 3.05 bits per heavy atom. The quantitative estimate of drug-likeness (QED) is 0.917. The van der Waals surface area contributed by atoms with Crippen LogP contribution in [0.4, 0.5) is 10.5 Å². The van der Waals surface area contributed by atoms with E-state index in [0.29, 0.717) is 12.5 Å². The first-order chi connectivity index (χ1) is 9.62. The van der Waals surface area contributed by atoms with E-state index in [1.165, 1.54) is 0 Å². The smallest absolute Gasteiger partial charge is 0.415 e. The Kier molecular flexibility index (Phi) is 3.30. The highest BCUT2D eigenvalue weighted by atomic mass is 16.6. The average molecular weight is 276 g/mol. The standard InChI is InChI=1S/C15H20N2O3/c1-15(11-6-7-16-9-11)10-17(14(18)20-15)12-4-3-5-13(8-12)19-2/h3-5,8,11,16H,6-7,9-10H2,1-2H3. The van der Waals surface area contributed by atoms with Crippen LogP contribution in [0, 0.1) is 5.92 Å². The van der Waals surface area contributed by atoms with Crippen molar-refractivity contribution in [3.8, 4) is 5.75 Å². The first kappa shape index (κ1) is 13.2. The van der Waals surface area contributed by atoms with E-state index in [4.69, 9.17) is 9.47 Å². The van der Waals surface area contributed by atoms with Gasteiger partial charge in [-0.25, -0.2) is 4.79 Å². The summed E-state index contributed by atoms with van der Waals surface area (Å²) in [7, 11) is 1.62. The molecule has 0 aromatic heterocycles. The maximum atomic E-state index is 12.2. The van der Waals surface area contributed by atoms with E-state index >= 15 is 0 Å². The molecule has 2 aliphatic rings. The number of nitrogens with zero attached hydrogens (tertiary/aromatic N) is 1. The summed E-state index contributed by atoms with van der Waals surface area (Å²) in [5.74, 6) is 1.12. The lowest BCUT2D eigenvalue weighted by Gasteiger charge is -2.28. The fourth-order valence-corrected chi connectivity index (χ4v) is 3.03. The Labute approximate surface area is 118 Å². The number of rotatable bonds is 3. The Balaban J connectivity index is 1.82. The number of anilines is 1. The van der Waals surface area contributed by atoms with Crippen LogP contribution in [0.1, 0.15) is 13.3 Å². The molecule has 1 aromatic carbocycles. The number of ether oxygens (including phenoxy) is 2. The summed E-state index contributed by atoms with van der Waals surface area (Å²) < 4.78 is 10.9. The summed E-state index contributed by atoms with van der Waals surface area (Å²) in [6.07, 6.45) is 0.781. The van der Waals surface area contributed by atoms with Crippen LogP contribution >= 0.6 is 0 Å². The van der Waals surface area contributed by atoms with Crippen molar-refractivity contribution < 1.29 is 14.3 Å². The van der Waals surface area contributed by atoms with Crippen LogP contribution in [-0.4, -0.2) is 38.4 Å². The zero-order valence-corrected chi connectivity index (χ0v) is 11.9. The molecule has 108 valence electrons. The van der Waals surface area contributed by atoms with Gasteiger partial charge in [-0.1, -0.05) is 6.07 Å². The van der Waals surface area contributed by atoms with Crippen LogP contribution in [0.25, 0.3) is 0 Å². The largest absolute Gasteiger partial charge is 0.497 e. The maximum absolute atomic E-state index is 12.2. The lowest BCUT2D eigenvalue weighted by Crippen LogP contribution is -2.40. The first-order valence-corrected chi connectivity index (χ1v) is 6.98. The van der Waals surface area contributed by atoms with Crippen molar-refractivity contribution in [2.24, 2.45) is 5.92 Å². The predicted octanol–water partition coefficient (Wildman–Crippen LogP) is 2.02. The van der Waals surface area contributed by atoms with E-state index in [1.54, 1.807) is 12.0 Å². The number of nitrogens with one attached hydrogen (secondary N) is 1. The Morgan fingerprint density at radius 2 is 2.35 bits per heavy atom. The molecule has 1 aromatic rings. The van der Waals surface area contributed by atoms with Gasteiger partial charge < -0.3 is 14.8 Å². The minimum Gasteiger partial charge on any atom is -0.497 e. The highest BCUT2D eigenvalue weighted by Gasteiger charge is 2.48. The molecular weight excluding hydrogens is 256 g/mol. The molecule has 0 saturated carbocycles. The average Bonchev–Trinajstić information content (AvgIpc) is 3.08. The number of amides is 1.